The van der Waals surface area contributed by atoms with Gasteiger partial charge < -0.3 is 5.73 Å². The Labute approximate surface area is 122 Å². The molecule has 1 unspecified atom stereocenters. The van der Waals surface area contributed by atoms with Gasteiger partial charge in [-0.15, -0.1) is 11.8 Å². The van der Waals surface area contributed by atoms with Crippen molar-refractivity contribution in [2.45, 2.75) is 10.4 Å². The number of nitrogens with two attached hydrogens (primary N) is 1. The van der Waals surface area contributed by atoms with Crippen LogP contribution in [0.25, 0.3) is 0 Å². The Kier molecular flexibility index (Phi) is 4.49. The molecular formula is C15H13ClN2S. The molecule has 19 heavy (non-hydrogen) atoms. The van der Waals surface area contributed by atoms with E-state index in [0.29, 0.717) is 10.8 Å². The van der Waals surface area contributed by atoms with Gasteiger partial charge in [-0.1, -0.05) is 41.9 Å². The maximum absolute atomic E-state index is 9.35. The molecule has 96 valence electrons. The summed E-state index contributed by atoms with van der Waals surface area (Å²) in [6.45, 7) is 0. The molecule has 2 aromatic carbocycles. The summed E-state index contributed by atoms with van der Waals surface area (Å²) in [4.78, 5) is 1.05. The third-order valence-electron chi connectivity index (χ3n) is 2.77. The number of hydrogen-bond donors (Lipinski definition) is 1. The number of thioether (sulfide) groups is 1. The van der Waals surface area contributed by atoms with E-state index in [0.717, 1.165) is 10.5 Å². The number of nitrogens with zero attached hydrogens (tertiary/aromatic N) is 1. The van der Waals surface area contributed by atoms with Crippen LogP contribution in [-0.4, -0.2) is 5.75 Å². The van der Waals surface area contributed by atoms with E-state index in [4.69, 9.17) is 17.3 Å². The monoisotopic (exact) mass is 288 g/mol. The molecular weight excluding hydrogens is 276 g/mol. The van der Waals surface area contributed by atoms with Gasteiger partial charge in [0, 0.05) is 15.7 Å². The first-order chi connectivity index (χ1) is 9.14. The molecule has 0 aliphatic heterocycles. The largest absolute Gasteiger partial charge is 0.309 e. The molecule has 0 heterocycles. The molecule has 2 nitrogen and oxygen atoms in total. The van der Waals surface area contributed by atoms with Gasteiger partial charge in [0.1, 0.15) is 5.54 Å². The van der Waals surface area contributed by atoms with Gasteiger partial charge in [0.15, 0.2) is 0 Å². The van der Waals surface area contributed by atoms with Crippen LogP contribution in [0, 0.1) is 11.3 Å². The molecule has 4 heteroatoms. The number of rotatable bonds is 4. The van der Waals surface area contributed by atoms with Crippen molar-refractivity contribution in [3.05, 3.63) is 65.2 Å². The molecule has 2 rings (SSSR count). The van der Waals surface area contributed by atoms with Crippen molar-refractivity contribution in [2.24, 2.45) is 5.73 Å². The Hall–Kier alpha value is -1.47. The summed E-state index contributed by atoms with van der Waals surface area (Å²) >= 11 is 7.39. The maximum Gasteiger partial charge on any atom is 0.139 e. The van der Waals surface area contributed by atoms with E-state index in [2.05, 4.69) is 6.07 Å². The summed E-state index contributed by atoms with van der Waals surface area (Å²) < 4.78 is 0. The zero-order valence-electron chi connectivity index (χ0n) is 10.2. The smallest absolute Gasteiger partial charge is 0.139 e. The first-order valence-electron chi connectivity index (χ1n) is 5.78. The molecule has 1 atom stereocenters. The second-order valence-electron chi connectivity index (χ2n) is 4.19. The molecule has 0 saturated carbocycles. The highest BCUT2D eigenvalue weighted by molar-refractivity contribution is 7.99. The summed E-state index contributed by atoms with van der Waals surface area (Å²) in [5.41, 5.74) is 6.04. The molecule has 0 aromatic heterocycles. The van der Waals surface area contributed by atoms with Crippen molar-refractivity contribution in [2.75, 3.05) is 5.75 Å². The zero-order valence-corrected chi connectivity index (χ0v) is 11.8. The molecule has 0 radical (unpaired) electrons. The normalized spacial score (nSPS) is 13.5. The van der Waals surface area contributed by atoms with Crippen molar-refractivity contribution >= 4 is 23.4 Å². The third-order valence-corrected chi connectivity index (χ3v) is 4.23. The Morgan fingerprint density at radius 2 is 1.74 bits per heavy atom. The van der Waals surface area contributed by atoms with E-state index in [1.54, 1.807) is 11.8 Å². The fourth-order valence-corrected chi connectivity index (χ4v) is 2.72. The molecule has 0 bridgehead atoms. The van der Waals surface area contributed by atoms with Crippen LogP contribution in [0.4, 0.5) is 0 Å². The number of halogens is 1. The van der Waals surface area contributed by atoms with Gasteiger partial charge in [-0.3, -0.25) is 0 Å². The van der Waals surface area contributed by atoms with E-state index in [9.17, 15) is 5.26 Å². The number of benzene rings is 2. The number of hydrogen-bond acceptors (Lipinski definition) is 3. The van der Waals surface area contributed by atoms with Gasteiger partial charge in [0.05, 0.1) is 6.07 Å². The van der Waals surface area contributed by atoms with Crippen LogP contribution in [0.15, 0.2) is 59.5 Å². The van der Waals surface area contributed by atoms with Crippen LogP contribution >= 0.6 is 23.4 Å². The van der Waals surface area contributed by atoms with Crippen LogP contribution in [0.3, 0.4) is 0 Å². The lowest BCUT2D eigenvalue weighted by atomic mass is 9.95. The first-order valence-corrected chi connectivity index (χ1v) is 7.14. The quantitative estimate of drug-likeness (QED) is 0.870. The standard InChI is InChI=1S/C15H13ClN2S/c16-13-6-8-14(9-7-13)19-11-15(18,10-17)12-4-2-1-3-5-12/h1-9H,11,18H2. The highest BCUT2D eigenvalue weighted by atomic mass is 35.5. The average Bonchev–Trinajstić information content (AvgIpc) is 2.47. The van der Waals surface area contributed by atoms with Crippen molar-refractivity contribution in [1.29, 1.82) is 5.26 Å². The van der Waals surface area contributed by atoms with E-state index < -0.39 is 5.54 Å². The van der Waals surface area contributed by atoms with Crippen LogP contribution < -0.4 is 5.73 Å². The Balaban J connectivity index is 2.12. The third kappa shape index (κ3) is 3.51. The predicted molar refractivity (Wildman–Crippen MR) is 80.1 cm³/mol. The lowest BCUT2D eigenvalue weighted by molar-refractivity contribution is 0.659. The van der Waals surface area contributed by atoms with E-state index in [1.807, 2.05) is 54.6 Å². The van der Waals surface area contributed by atoms with Crippen molar-refractivity contribution in [3.63, 3.8) is 0 Å². The van der Waals surface area contributed by atoms with Gasteiger partial charge >= 0.3 is 0 Å². The highest BCUT2D eigenvalue weighted by Crippen LogP contribution is 2.28. The lowest BCUT2D eigenvalue weighted by Crippen LogP contribution is -2.37. The van der Waals surface area contributed by atoms with E-state index in [1.165, 1.54) is 0 Å². The molecule has 2 aromatic rings. The SMILES string of the molecule is N#CC(N)(CSc1ccc(Cl)cc1)c1ccccc1. The molecule has 0 aliphatic carbocycles. The Morgan fingerprint density at radius 1 is 1.11 bits per heavy atom. The topological polar surface area (TPSA) is 49.8 Å². The van der Waals surface area contributed by atoms with Gasteiger partial charge in [0.2, 0.25) is 0 Å². The van der Waals surface area contributed by atoms with E-state index in [-0.39, 0.29) is 0 Å². The molecule has 0 aliphatic rings. The summed E-state index contributed by atoms with van der Waals surface area (Å²) in [5.74, 6) is 0.495. The van der Waals surface area contributed by atoms with Crippen LogP contribution in [0.1, 0.15) is 5.56 Å². The van der Waals surface area contributed by atoms with Gasteiger partial charge in [-0.25, -0.2) is 0 Å². The first kappa shape index (κ1) is 14.0. The minimum atomic E-state index is -0.981. The zero-order chi connectivity index (χ0) is 13.7. The molecule has 0 amide bonds. The minimum absolute atomic E-state index is 0.495. The molecule has 2 N–H and O–H groups in total. The van der Waals surface area contributed by atoms with Gasteiger partial charge in [-0.2, -0.15) is 5.26 Å². The minimum Gasteiger partial charge on any atom is -0.309 e. The summed E-state index contributed by atoms with van der Waals surface area (Å²) in [6.07, 6.45) is 0. The molecule has 0 fully saturated rings. The maximum atomic E-state index is 9.35. The summed E-state index contributed by atoms with van der Waals surface area (Å²) in [6, 6.07) is 19.2. The predicted octanol–water partition coefficient (Wildman–Crippen LogP) is 3.81. The Bertz CT molecular complexity index is 577. The highest BCUT2D eigenvalue weighted by Gasteiger charge is 2.27. The van der Waals surface area contributed by atoms with Gasteiger partial charge in [0.25, 0.3) is 0 Å². The summed E-state index contributed by atoms with van der Waals surface area (Å²) in [7, 11) is 0. The van der Waals surface area contributed by atoms with Crippen molar-refractivity contribution in [1.82, 2.24) is 0 Å². The lowest BCUT2D eigenvalue weighted by Gasteiger charge is -2.21. The van der Waals surface area contributed by atoms with Crippen LogP contribution in [0.5, 0.6) is 0 Å². The average molecular weight is 289 g/mol. The van der Waals surface area contributed by atoms with Crippen molar-refractivity contribution < 1.29 is 0 Å². The van der Waals surface area contributed by atoms with E-state index >= 15 is 0 Å². The second kappa shape index (κ2) is 6.12. The van der Waals surface area contributed by atoms with Crippen LogP contribution in [-0.2, 0) is 5.54 Å². The fourth-order valence-electron chi connectivity index (χ4n) is 1.64. The van der Waals surface area contributed by atoms with Gasteiger partial charge in [-0.05, 0) is 29.8 Å². The Morgan fingerprint density at radius 3 is 2.32 bits per heavy atom. The fraction of sp³-hybridized carbons (Fsp3) is 0.133. The molecule has 0 saturated heterocycles. The van der Waals surface area contributed by atoms with Crippen LogP contribution in [0.2, 0.25) is 5.02 Å². The number of nitriles is 1. The van der Waals surface area contributed by atoms with Crippen molar-refractivity contribution in [3.8, 4) is 6.07 Å². The second-order valence-corrected chi connectivity index (χ2v) is 5.68. The molecule has 0 spiro atoms. The summed E-state index contributed by atoms with van der Waals surface area (Å²) in [5, 5.41) is 10.1.